The number of ether oxygens (including phenoxy) is 1. The summed E-state index contributed by atoms with van der Waals surface area (Å²) in [6.45, 7) is 7.91. The highest BCUT2D eigenvalue weighted by molar-refractivity contribution is 5.73. The normalized spacial score (nSPS) is 21.7. The Morgan fingerprint density at radius 1 is 1.05 bits per heavy atom. The number of alkyl halides is 6. The summed E-state index contributed by atoms with van der Waals surface area (Å²) < 4.78 is 69.6. The number of carboxylic acid groups (broad SMARTS) is 2. The minimum Gasteiger partial charge on any atom is -0.475 e. The maximum absolute atomic E-state index is 10.6. The van der Waals surface area contributed by atoms with E-state index in [0.717, 1.165) is 31.6 Å². The van der Waals surface area contributed by atoms with Crippen LogP contribution in [0, 0.1) is 17.3 Å². The Morgan fingerprint density at radius 2 is 1.61 bits per heavy atom. The third-order valence-corrected chi connectivity index (χ3v) is 6.82. The first-order chi connectivity index (χ1) is 17.6. The van der Waals surface area contributed by atoms with Crippen LogP contribution in [-0.4, -0.2) is 95.7 Å². The summed E-state index contributed by atoms with van der Waals surface area (Å²) in [4.78, 5) is 27.2. The second-order valence-corrected chi connectivity index (χ2v) is 9.98. The molecule has 2 aliphatic heterocycles. The lowest BCUT2D eigenvalue weighted by atomic mass is 9.71. The zero-order chi connectivity index (χ0) is 28.6. The van der Waals surface area contributed by atoms with E-state index in [0.29, 0.717) is 5.41 Å². The first-order valence-electron chi connectivity index (χ1n) is 12.1. The summed E-state index contributed by atoms with van der Waals surface area (Å²) in [5.41, 5.74) is 1.82. The van der Waals surface area contributed by atoms with E-state index >= 15 is 0 Å². The Bertz CT molecular complexity index is 864. The molecule has 0 bridgehead atoms. The molecule has 1 atom stereocenters. The van der Waals surface area contributed by atoms with E-state index in [-0.39, 0.29) is 0 Å². The minimum absolute atomic E-state index is 0.490. The number of nitrogens with zero attached hydrogens (tertiary/aromatic N) is 3. The zero-order valence-electron chi connectivity index (χ0n) is 21.0. The van der Waals surface area contributed by atoms with Gasteiger partial charge in [0.25, 0.3) is 0 Å². The number of carbonyl (C=O) groups is 2. The van der Waals surface area contributed by atoms with Crippen LogP contribution in [0.1, 0.15) is 31.2 Å². The van der Waals surface area contributed by atoms with E-state index in [4.69, 9.17) is 24.5 Å². The molecule has 2 saturated heterocycles. The third-order valence-electron chi connectivity index (χ3n) is 6.82. The van der Waals surface area contributed by atoms with Crippen LogP contribution >= 0.6 is 0 Å². The van der Waals surface area contributed by atoms with E-state index in [1.165, 1.54) is 57.4 Å². The minimum atomic E-state index is -5.08. The van der Waals surface area contributed by atoms with Crippen LogP contribution in [0.15, 0.2) is 24.5 Å². The van der Waals surface area contributed by atoms with Crippen molar-refractivity contribution in [1.82, 2.24) is 14.8 Å². The van der Waals surface area contributed by atoms with E-state index < -0.39 is 24.3 Å². The Labute approximate surface area is 216 Å². The van der Waals surface area contributed by atoms with Crippen LogP contribution in [0.3, 0.4) is 0 Å². The number of halogens is 6. The van der Waals surface area contributed by atoms with Crippen molar-refractivity contribution in [2.75, 3.05) is 46.4 Å². The average molecular weight is 558 g/mol. The number of likely N-dealkylation sites (tertiary alicyclic amines) is 2. The summed E-state index contributed by atoms with van der Waals surface area (Å²) in [6, 6.07) is 4.23. The number of rotatable bonds is 6. The van der Waals surface area contributed by atoms with Gasteiger partial charge in [0.1, 0.15) is 0 Å². The Balaban J connectivity index is 0.000000301. The zero-order valence-corrected chi connectivity index (χ0v) is 21.0. The monoisotopic (exact) mass is 557 g/mol. The lowest BCUT2D eigenvalue weighted by Gasteiger charge is -2.42. The molecule has 0 aromatic carbocycles. The number of carboxylic acids is 2. The fourth-order valence-corrected chi connectivity index (χ4v) is 4.66. The van der Waals surface area contributed by atoms with Crippen LogP contribution < -0.4 is 0 Å². The fraction of sp³-hybridized carbons (Fsp3) is 0.708. The fourth-order valence-electron chi connectivity index (χ4n) is 4.66. The standard InChI is InChI=1S/C20H31N3O.2C2HF3O2/c1-22-13-19(15-24-14-17-4-5-17)20(16-22)6-9-23(10-7-20)12-18-3-2-8-21-11-18;2*3-2(4,5)1(6)7/h2-3,8,11,17,19H,4-7,9-10,12-16H2,1H3;2*(H,6,7). The van der Waals surface area contributed by atoms with Gasteiger partial charge in [-0.2, -0.15) is 26.3 Å². The molecule has 216 valence electrons. The van der Waals surface area contributed by atoms with Gasteiger partial charge in [0.2, 0.25) is 0 Å². The summed E-state index contributed by atoms with van der Waals surface area (Å²) in [7, 11) is 2.28. The predicted octanol–water partition coefficient (Wildman–Crippen LogP) is 3.92. The summed E-state index contributed by atoms with van der Waals surface area (Å²) >= 11 is 0. The molecule has 2 N–H and O–H groups in total. The quantitative estimate of drug-likeness (QED) is 0.508. The molecule has 1 aromatic heterocycles. The van der Waals surface area contributed by atoms with Crippen molar-refractivity contribution < 1.29 is 50.9 Å². The Morgan fingerprint density at radius 3 is 2.05 bits per heavy atom. The van der Waals surface area contributed by atoms with Gasteiger partial charge in [0.15, 0.2) is 0 Å². The van der Waals surface area contributed by atoms with Crippen molar-refractivity contribution in [2.24, 2.45) is 17.3 Å². The SMILES string of the molecule is CN1CC(COCC2CC2)C2(CCN(Cc3cccnc3)CC2)C1.O=C(O)C(F)(F)F.O=C(O)C(F)(F)F. The highest BCUT2D eigenvalue weighted by atomic mass is 19.4. The first kappa shape index (κ1) is 31.8. The molecule has 1 aliphatic carbocycles. The maximum atomic E-state index is 10.6. The van der Waals surface area contributed by atoms with E-state index in [1.807, 2.05) is 18.5 Å². The molecule has 38 heavy (non-hydrogen) atoms. The lowest BCUT2D eigenvalue weighted by Crippen LogP contribution is -2.44. The van der Waals surface area contributed by atoms with Gasteiger partial charge in [-0.3, -0.25) is 9.88 Å². The van der Waals surface area contributed by atoms with Gasteiger partial charge in [-0.05, 0) is 68.8 Å². The number of hydrogen-bond donors (Lipinski definition) is 2. The molecular formula is C24H33F6N3O5. The highest BCUT2D eigenvalue weighted by Gasteiger charge is 2.47. The topological polar surface area (TPSA) is 103 Å². The largest absolute Gasteiger partial charge is 0.490 e. The predicted molar refractivity (Wildman–Crippen MR) is 123 cm³/mol. The highest BCUT2D eigenvalue weighted by Crippen LogP contribution is 2.44. The molecule has 0 amide bonds. The summed E-state index contributed by atoms with van der Waals surface area (Å²) in [5, 5.41) is 14.2. The van der Waals surface area contributed by atoms with Crippen LogP contribution in [-0.2, 0) is 20.9 Å². The van der Waals surface area contributed by atoms with Crippen LogP contribution in [0.4, 0.5) is 26.3 Å². The molecule has 4 rings (SSSR count). The first-order valence-corrected chi connectivity index (χ1v) is 12.1. The number of aromatic nitrogens is 1. The number of aliphatic carboxylic acids is 2. The van der Waals surface area contributed by atoms with Crippen molar-refractivity contribution >= 4 is 11.9 Å². The summed E-state index contributed by atoms with van der Waals surface area (Å²) in [5.74, 6) is -3.91. The lowest BCUT2D eigenvalue weighted by molar-refractivity contribution is -0.193. The van der Waals surface area contributed by atoms with Gasteiger partial charge in [-0.25, -0.2) is 9.59 Å². The Kier molecular flexibility index (Phi) is 11.3. The molecule has 3 aliphatic rings. The number of hydrogen-bond acceptors (Lipinski definition) is 6. The molecule has 14 heteroatoms. The van der Waals surface area contributed by atoms with Crippen molar-refractivity contribution in [3.05, 3.63) is 30.1 Å². The van der Waals surface area contributed by atoms with Gasteiger partial charge < -0.3 is 19.8 Å². The van der Waals surface area contributed by atoms with Crippen LogP contribution in [0.25, 0.3) is 0 Å². The second-order valence-electron chi connectivity index (χ2n) is 9.98. The molecule has 1 saturated carbocycles. The molecule has 0 radical (unpaired) electrons. The van der Waals surface area contributed by atoms with Crippen molar-refractivity contribution in [3.8, 4) is 0 Å². The van der Waals surface area contributed by atoms with E-state index in [1.54, 1.807) is 0 Å². The van der Waals surface area contributed by atoms with Crippen molar-refractivity contribution in [1.29, 1.82) is 0 Å². The smallest absolute Gasteiger partial charge is 0.475 e. The molecule has 3 heterocycles. The van der Waals surface area contributed by atoms with Gasteiger partial charge in [0.05, 0.1) is 6.61 Å². The maximum Gasteiger partial charge on any atom is 0.490 e. The molecule has 1 aromatic rings. The van der Waals surface area contributed by atoms with Gasteiger partial charge in [-0.15, -0.1) is 0 Å². The van der Waals surface area contributed by atoms with E-state index in [9.17, 15) is 26.3 Å². The van der Waals surface area contributed by atoms with Crippen LogP contribution in [0.5, 0.6) is 0 Å². The number of piperidine rings is 1. The molecule has 1 spiro atoms. The van der Waals surface area contributed by atoms with Crippen molar-refractivity contribution in [3.63, 3.8) is 0 Å². The number of pyridine rings is 1. The average Bonchev–Trinajstić information content (AvgIpc) is 3.59. The third kappa shape index (κ3) is 10.7. The van der Waals surface area contributed by atoms with Gasteiger partial charge >= 0.3 is 24.3 Å². The summed E-state index contributed by atoms with van der Waals surface area (Å²) in [6.07, 6.45) is -0.903. The van der Waals surface area contributed by atoms with Crippen molar-refractivity contribution in [2.45, 2.75) is 44.6 Å². The molecular weight excluding hydrogens is 524 g/mol. The van der Waals surface area contributed by atoms with Gasteiger partial charge in [0, 0.05) is 44.6 Å². The molecule has 3 fully saturated rings. The molecule has 1 unspecified atom stereocenters. The van der Waals surface area contributed by atoms with Crippen LogP contribution in [0.2, 0.25) is 0 Å². The Hall–Kier alpha value is -2.45. The van der Waals surface area contributed by atoms with E-state index in [2.05, 4.69) is 27.9 Å². The van der Waals surface area contributed by atoms with Gasteiger partial charge in [-0.1, -0.05) is 6.07 Å². The molecule has 8 nitrogen and oxygen atoms in total. The second kappa shape index (κ2) is 13.6.